The Bertz CT molecular complexity index is 1020. The molecule has 1 aliphatic heterocycles. The van der Waals surface area contributed by atoms with Crippen LogP contribution < -0.4 is 5.32 Å². The zero-order valence-corrected chi connectivity index (χ0v) is 15.7. The Morgan fingerprint density at radius 2 is 1.69 bits per heavy atom. The lowest BCUT2D eigenvalue weighted by Crippen LogP contribution is -2.28. The lowest BCUT2D eigenvalue weighted by atomic mass is 10.2. The van der Waals surface area contributed by atoms with Gasteiger partial charge in [0.2, 0.25) is 5.91 Å². The van der Waals surface area contributed by atoms with Gasteiger partial charge in [-0.1, -0.05) is 30.3 Å². The summed E-state index contributed by atoms with van der Waals surface area (Å²) in [6.07, 6.45) is 5.25. The van der Waals surface area contributed by atoms with E-state index in [-0.39, 0.29) is 17.6 Å². The van der Waals surface area contributed by atoms with Gasteiger partial charge < -0.3 is 10.2 Å². The van der Waals surface area contributed by atoms with Gasteiger partial charge in [-0.3, -0.25) is 9.59 Å². The van der Waals surface area contributed by atoms with Crippen molar-refractivity contribution in [2.24, 2.45) is 0 Å². The van der Waals surface area contributed by atoms with Crippen LogP contribution in [0.4, 0.5) is 5.69 Å². The third-order valence-corrected chi connectivity index (χ3v) is 4.59. The quantitative estimate of drug-likeness (QED) is 0.678. The van der Waals surface area contributed by atoms with E-state index in [2.05, 4.69) is 20.7 Å². The summed E-state index contributed by atoms with van der Waals surface area (Å²) >= 11 is 0. The zero-order valence-electron chi connectivity index (χ0n) is 15.7. The molecule has 1 fully saturated rings. The van der Waals surface area contributed by atoms with Crippen LogP contribution in [0.5, 0.6) is 0 Å². The Morgan fingerprint density at radius 3 is 2.41 bits per heavy atom. The lowest BCUT2D eigenvalue weighted by Gasteiger charge is -2.11. The average molecular weight is 388 g/mol. The highest BCUT2D eigenvalue weighted by atomic mass is 16.2. The van der Waals surface area contributed by atoms with Gasteiger partial charge in [0, 0.05) is 24.9 Å². The number of anilines is 1. The van der Waals surface area contributed by atoms with E-state index in [0.29, 0.717) is 11.4 Å². The van der Waals surface area contributed by atoms with Gasteiger partial charge >= 0.3 is 0 Å². The zero-order chi connectivity index (χ0) is 20.1. The van der Waals surface area contributed by atoms with E-state index >= 15 is 0 Å². The average Bonchev–Trinajstić information content (AvgIpc) is 3.46. The second-order valence-electron chi connectivity index (χ2n) is 6.68. The predicted molar refractivity (Wildman–Crippen MR) is 108 cm³/mol. The summed E-state index contributed by atoms with van der Waals surface area (Å²) in [5, 5.41) is 14.8. The van der Waals surface area contributed by atoms with Crippen LogP contribution >= 0.6 is 0 Å². The minimum absolute atomic E-state index is 0.0929. The first-order chi connectivity index (χ1) is 14.2. The molecule has 3 aromatic rings. The number of carbonyl (C=O) groups excluding carboxylic acids is 2. The first kappa shape index (κ1) is 18.5. The van der Waals surface area contributed by atoms with Gasteiger partial charge in [-0.15, -0.1) is 15.0 Å². The molecular weight excluding hydrogens is 368 g/mol. The summed E-state index contributed by atoms with van der Waals surface area (Å²) in [6, 6.07) is 16.6. The minimum Gasteiger partial charge on any atom is -0.336 e. The van der Waals surface area contributed by atoms with Crippen molar-refractivity contribution in [2.45, 2.75) is 12.8 Å². The Morgan fingerprint density at radius 1 is 0.966 bits per heavy atom. The van der Waals surface area contributed by atoms with E-state index in [1.165, 1.54) is 10.9 Å². The third-order valence-electron chi connectivity index (χ3n) is 4.59. The molecule has 29 heavy (non-hydrogen) atoms. The van der Waals surface area contributed by atoms with Crippen molar-refractivity contribution in [3.05, 3.63) is 72.1 Å². The number of rotatable bonds is 5. The van der Waals surface area contributed by atoms with Crippen LogP contribution in [0.3, 0.4) is 0 Å². The number of nitrogens with zero attached hydrogens (tertiary/aromatic N) is 5. The molecule has 1 N–H and O–H groups in total. The maximum atomic E-state index is 12.3. The first-order valence-corrected chi connectivity index (χ1v) is 9.43. The van der Waals surface area contributed by atoms with Gasteiger partial charge in [0.05, 0.1) is 5.69 Å². The van der Waals surface area contributed by atoms with Crippen LogP contribution in [0.2, 0.25) is 0 Å². The van der Waals surface area contributed by atoms with Gasteiger partial charge in [0.25, 0.3) is 11.7 Å². The first-order valence-electron chi connectivity index (χ1n) is 9.43. The van der Waals surface area contributed by atoms with Crippen molar-refractivity contribution >= 4 is 23.6 Å². The summed E-state index contributed by atoms with van der Waals surface area (Å²) in [6.45, 7) is 1.47. The van der Waals surface area contributed by atoms with Gasteiger partial charge in [-0.05, 0) is 54.0 Å². The molecular formula is C21H20N6O2. The number of benzene rings is 2. The molecule has 2 aromatic carbocycles. The maximum absolute atomic E-state index is 12.3. The number of tetrazole rings is 1. The molecule has 0 aliphatic carbocycles. The Labute approximate surface area is 167 Å². The van der Waals surface area contributed by atoms with E-state index in [9.17, 15) is 9.59 Å². The van der Waals surface area contributed by atoms with Crippen LogP contribution in [0.25, 0.3) is 11.8 Å². The Balaban J connectivity index is 1.38. The van der Waals surface area contributed by atoms with Crippen molar-refractivity contribution in [2.75, 3.05) is 18.4 Å². The fraction of sp³-hybridized carbons (Fsp3) is 0.190. The number of aromatic nitrogens is 4. The second-order valence-corrected chi connectivity index (χ2v) is 6.68. The van der Waals surface area contributed by atoms with Crippen molar-refractivity contribution in [1.29, 1.82) is 0 Å². The van der Waals surface area contributed by atoms with E-state index in [1.807, 2.05) is 30.3 Å². The summed E-state index contributed by atoms with van der Waals surface area (Å²) in [4.78, 5) is 27.4. The fourth-order valence-electron chi connectivity index (χ4n) is 3.07. The largest absolute Gasteiger partial charge is 0.336 e. The monoisotopic (exact) mass is 388 g/mol. The predicted octanol–water partition coefficient (Wildman–Crippen LogP) is 2.55. The second kappa shape index (κ2) is 8.47. The van der Waals surface area contributed by atoms with Crippen LogP contribution in [0, 0.1) is 0 Å². The van der Waals surface area contributed by atoms with Crippen LogP contribution in [-0.2, 0) is 4.79 Å². The van der Waals surface area contributed by atoms with Gasteiger partial charge in [0.15, 0.2) is 0 Å². The number of hydrogen-bond donors (Lipinski definition) is 1. The summed E-state index contributed by atoms with van der Waals surface area (Å²) in [5.41, 5.74) is 2.25. The van der Waals surface area contributed by atoms with Gasteiger partial charge in [-0.25, -0.2) is 0 Å². The van der Waals surface area contributed by atoms with Crippen molar-refractivity contribution in [3.63, 3.8) is 0 Å². The molecule has 0 atom stereocenters. The minimum atomic E-state index is -0.223. The van der Waals surface area contributed by atoms with E-state index in [0.717, 1.165) is 31.5 Å². The molecule has 146 valence electrons. The van der Waals surface area contributed by atoms with E-state index < -0.39 is 0 Å². The third kappa shape index (κ3) is 4.55. The van der Waals surface area contributed by atoms with Gasteiger partial charge in [0.1, 0.15) is 0 Å². The van der Waals surface area contributed by atoms with Gasteiger partial charge in [-0.2, -0.15) is 0 Å². The van der Waals surface area contributed by atoms with E-state index in [1.54, 1.807) is 35.2 Å². The lowest BCUT2D eigenvalue weighted by molar-refractivity contribution is -0.111. The molecule has 1 saturated heterocycles. The topological polar surface area (TPSA) is 93.0 Å². The van der Waals surface area contributed by atoms with Crippen LogP contribution in [0.15, 0.2) is 60.7 Å². The highest BCUT2D eigenvalue weighted by Gasteiger charge is 2.23. The molecule has 0 spiro atoms. The SMILES string of the molecule is O=C(C=Cc1ccccc1)Nc1ccc(-n2nnc(C(=O)N3CCCC3)n2)cc1. The Hall–Kier alpha value is -3.81. The molecule has 1 aromatic heterocycles. The molecule has 4 rings (SSSR count). The number of hydrogen-bond acceptors (Lipinski definition) is 5. The molecule has 0 bridgehead atoms. The summed E-state index contributed by atoms with van der Waals surface area (Å²) in [5.74, 6) is -0.322. The number of carbonyl (C=O) groups is 2. The number of nitrogens with one attached hydrogen (secondary N) is 1. The van der Waals surface area contributed by atoms with Crippen molar-refractivity contribution in [3.8, 4) is 5.69 Å². The summed E-state index contributed by atoms with van der Waals surface area (Å²) in [7, 11) is 0. The molecule has 1 aliphatic rings. The highest BCUT2D eigenvalue weighted by molar-refractivity contribution is 6.01. The molecule has 0 unspecified atom stereocenters. The molecule has 0 saturated carbocycles. The molecule has 8 heteroatoms. The molecule has 0 radical (unpaired) electrons. The highest BCUT2D eigenvalue weighted by Crippen LogP contribution is 2.14. The van der Waals surface area contributed by atoms with Crippen molar-refractivity contribution < 1.29 is 9.59 Å². The molecule has 2 heterocycles. The van der Waals surface area contributed by atoms with E-state index in [4.69, 9.17) is 0 Å². The molecule has 8 nitrogen and oxygen atoms in total. The Kier molecular flexibility index (Phi) is 5.42. The standard InChI is InChI=1S/C21H20N6O2/c28-19(13-8-16-6-2-1-3-7-16)22-17-9-11-18(12-10-17)27-24-20(23-25-27)21(29)26-14-4-5-15-26/h1-3,6-13H,4-5,14-15H2,(H,22,28). The normalized spacial score (nSPS) is 13.7. The fourth-order valence-corrected chi connectivity index (χ4v) is 3.07. The maximum Gasteiger partial charge on any atom is 0.295 e. The molecule has 2 amide bonds. The number of likely N-dealkylation sites (tertiary alicyclic amines) is 1. The number of amides is 2. The van der Waals surface area contributed by atoms with Crippen molar-refractivity contribution in [1.82, 2.24) is 25.1 Å². The summed E-state index contributed by atoms with van der Waals surface area (Å²) < 4.78 is 0. The smallest absolute Gasteiger partial charge is 0.295 e. The van der Waals surface area contributed by atoms with Crippen LogP contribution in [0.1, 0.15) is 29.0 Å². The van der Waals surface area contributed by atoms with Crippen LogP contribution in [-0.4, -0.2) is 50.0 Å².